The van der Waals surface area contributed by atoms with Gasteiger partial charge < -0.3 is 11.1 Å². The van der Waals surface area contributed by atoms with Gasteiger partial charge in [0.2, 0.25) is 5.95 Å². The quantitative estimate of drug-likeness (QED) is 0.841. The van der Waals surface area contributed by atoms with Gasteiger partial charge in [0, 0.05) is 19.4 Å². The summed E-state index contributed by atoms with van der Waals surface area (Å²) in [7, 11) is 1.89. The first-order chi connectivity index (χ1) is 8.06. The van der Waals surface area contributed by atoms with E-state index in [1.165, 1.54) is 0 Å². The highest BCUT2D eigenvalue weighted by Crippen LogP contribution is 2.24. The van der Waals surface area contributed by atoms with E-state index in [2.05, 4.69) is 34.2 Å². The number of nitrogens with zero attached hydrogens (tertiary/aromatic N) is 4. The van der Waals surface area contributed by atoms with Crippen molar-refractivity contribution in [2.75, 3.05) is 11.1 Å². The van der Waals surface area contributed by atoms with Gasteiger partial charge in [0.15, 0.2) is 0 Å². The first-order valence-corrected chi connectivity index (χ1v) is 5.45. The second kappa shape index (κ2) is 4.40. The Hall–Kier alpha value is -2.11. The van der Waals surface area contributed by atoms with Crippen molar-refractivity contribution >= 4 is 17.5 Å². The molecule has 0 aliphatic rings. The van der Waals surface area contributed by atoms with Crippen LogP contribution in [0.1, 0.15) is 25.5 Å². The second-order valence-electron chi connectivity index (χ2n) is 4.19. The molecule has 0 radical (unpaired) electrons. The zero-order chi connectivity index (χ0) is 12.4. The van der Waals surface area contributed by atoms with Gasteiger partial charge in [0.05, 0.1) is 11.4 Å². The van der Waals surface area contributed by atoms with Crippen LogP contribution in [0.3, 0.4) is 0 Å². The fourth-order valence-corrected chi connectivity index (χ4v) is 1.58. The van der Waals surface area contributed by atoms with Crippen LogP contribution >= 0.6 is 0 Å². The molecule has 0 aromatic carbocycles. The average Bonchev–Trinajstić information content (AvgIpc) is 2.59. The molecule has 90 valence electrons. The average molecular weight is 232 g/mol. The van der Waals surface area contributed by atoms with Gasteiger partial charge in [0.25, 0.3) is 0 Å². The van der Waals surface area contributed by atoms with Gasteiger partial charge >= 0.3 is 0 Å². The van der Waals surface area contributed by atoms with E-state index in [1.54, 1.807) is 16.9 Å². The number of anilines is 3. The number of nitrogens with one attached hydrogen (secondary N) is 1. The number of aromatic nitrogens is 4. The summed E-state index contributed by atoms with van der Waals surface area (Å²) in [5.74, 6) is 1.26. The Kier molecular flexibility index (Phi) is 2.95. The van der Waals surface area contributed by atoms with Crippen LogP contribution in [0, 0.1) is 0 Å². The van der Waals surface area contributed by atoms with Crippen LogP contribution in [0.2, 0.25) is 0 Å². The lowest BCUT2D eigenvalue weighted by Gasteiger charge is -2.06. The van der Waals surface area contributed by atoms with Crippen molar-refractivity contribution in [3.05, 3.63) is 24.2 Å². The summed E-state index contributed by atoms with van der Waals surface area (Å²) in [6, 6.07) is 1.65. The molecular formula is C11H16N6. The van der Waals surface area contributed by atoms with E-state index in [0.29, 0.717) is 17.7 Å². The second-order valence-corrected chi connectivity index (χ2v) is 4.19. The smallest absolute Gasteiger partial charge is 0.229 e. The molecule has 6 nitrogen and oxygen atoms in total. The number of hydrogen-bond acceptors (Lipinski definition) is 5. The van der Waals surface area contributed by atoms with E-state index < -0.39 is 0 Å². The first-order valence-electron chi connectivity index (χ1n) is 5.45. The van der Waals surface area contributed by atoms with E-state index in [9.17, 15) is 0 Å². The Morgan fingerprint density at radius 2 is 2.18 bits per heavy atom. The predicted molar refractivity (Wildman–Crippen MR) is 67.0 cm³/mol. The van der Waals surface area contributed by atoms with Gasteiger partial charge in [0.1, 0.15) is 5.82 Å². The normalized spacial score (nSPS) is 10.8. The first kappa shape index (κ1) is 11.4. The fourth-order valence-electron chi connectivity index (χ4n) is 1.58. The van der Waals surface area contributed by atoms with Crippen LogP contribution in [0.4, 0.5) is 17.5 Å². The molecule has 2 aromatic heterocycles. The van der Waals surface area contributed by atoms with Crippen LogP contribution in [0.15, 0.2) is 18.5 Å². The van der Waals surface area contributed by atoms with Crippen molar-refractivity contribution in [3.63, 3.8) is 0 Å². The van der Waals surface area contributed by atoms with Crippen molar-refractivity contribution in [2.24, 2.45) is 7.05 Å². The summed E-state index contributed by atoms with van der Waals surface area (Å²) in [5.41, 5.74) is 7.50. The van der Waals surface area contributed by atoms with Crippen LogP contribution in [-0.2, 0) is 7.05 Å². The molecule has 0 aliphatic carbocycles. The largest absolute Gasteiger partial charge is 0.384 e. The molecule has 6 heteroatoms. The summed E-state index contributed by atoms with van der Waals surface area (Å²) in [6.07, 6.45) is 3.53. The van der Waals surface area contributed by atoms with E-state index in [4.69, 9.17) is 5.73 Å². The zero-order valence-corrected chi connectivity index (χ0v) is 10.2. The molecular weight excluding hydrogens is 216 g/mol. The Labute approximate surface area is 99.9 Å². The molecule has 0 saturated carbocycles. The minimum atomic E-state index is 0.333. The number of nitrogens with two attached hydrogens (primary N) is 1. The molecule has 0 bridgehead atoms. The Morgan fingerprint density at radius 3 is 2.82 bits per heavy atom. The molecule has 2 heterocycles. The number of hydrogen-bond donors (Lipinski definition) is 2. The van der Waals surface area contributed by atoms with E-state index >= 15 is 0 Å². The lowest BCUT2D eigenvalue weighted by molar-refractivity contribution is 0.713. The molecule has 0 amide bonds. The van der Waals surface area contributed by atoms with Crippen LogP contribution < -0.4 is 11.1 Å². The maximum atomic E-state index is 5.60. The third-order valence-electron chi connectivity index (χ3n) is 2.33. The predicted octanol–water partition coefficient (Wildman–Crippen LogP) is 1.66. The Morgan fingerprint density at radius 1 is 1.41 bits per heavy atom. The molecule has 0 fully saturated rings. The summed E-state index contributed by atoms with van der Waals surface area (Å²) in [4.78, 5) is 8.20. The summed E-state index contributed by atoms with van der Waals surface area (Å²) >= 11 is 0. The van der Waals surface area contributed by atoms with Gasteiger partial charge in [-0.3, -0.25) is 4.68 Å². The van der Waals surface area contributed by atoms with Crippen LogP contribution in [0.5, 0.6) is 0 Å². The molecule has 0 unspecified atom stereocenters. The third kappa shape index (κ3) is 2.52. The number of aryl methyl sites for hydroxylation is 1. The summed E-state index contributed by atoms with van der Waals surface area (Å²) < 4.78 is 1.77. The van der Waals surface area contributed by atoms with Gasteiger partial charge in [-0.15, -0.1) is 0 Å². The fraction of sp³-hybridized carbons (Fsp3) is 0.364. The molecule has 3 N–H and O–H groups in total. The minimum Gasteiger partial charge on any atom is -0.384 e. The highest BCUT2D eigenvalue weighted by molar-refractivity contribution is 5.57. The molecule has 0 atom stereocenters. The number of rotatable bonds is 3. The molecule has 0 aliphatic heterocycles. The lowest BCUT2D eigenvalue weighted by atomic mass is 10.1. The van der Waals surface area contributed by atoms with Gasteiger partial charge in [-0.25, -0.2) is 4.98 Å². The van der Waals surface area contributed by atoms with Gasteiger partial charge in [-0.05, 0) is 12.0 Å². The zero-order valence-electron chi connectivity index (χ0n) is 10.2. The topological polar surface area (TPSA) is 81.7 Å². The monoisotopic (exact) mass is 232 g/mol. The highest BCUT2D eigenvalue weighted by Gasteiger charge is 2.12. The Balaban J connectivity index is 2.29. The summed E-state index contributed by atoms with van der Waals surface area (Å²) in [6.45, 7) is 4.18. The van der Waals surface area contributed by atoms with Crippen molar-refractivity contribution in [1.29, 1.82) is 0 Å². The van der Waals surface area contributed by atoms with Crippen molar-refractivity contribution in [2.45, 2.75) is 19.8 Å². The molecule has 0 saturated heterocycles. The molecule has 17 heavy (non-hydrogen) atoms. The standard InChI is InChI=1S/C11H16N6/c1-7(2)10-8(6-17(3)16-10)14-11-13-5-4-9(12)15-11/h4-7H,1-3H3,(H3,12,13,14,15). The van der Waals surface area contributed by atoms with Gasteiger partial charge in [-0.1, -0.05) is 13.8 Å². The van der Waals surface area contributed by atoms with E-state index in [0.717, 1.165) is 11.4 Å². The lowest BCUT2D eigenvalue weighted by Crippen LogP contribution is -2.01. The maximum absolute atomic E-state index is 5.60. The Bertz CT molecular complexity index is 516. The minimum absolute atomic E-state index is 0.333. The van der Waals surface area contributed by atoms with Crippen molar-refractivity contribution in [1.82, 2.24) is 19.7 Å². The van der Waals surface area contributed by atoms with E-state index in [-0.39, 0.29) is 0 Å². The van der Waals surface area contributed by atoms with Crippen molar-refractivity contribution < 1.29 is 0 Å². The van der Waals surface area contributed by atoms with Crippen molar-refractivity contribution in [3.8, 4) is 0 Å². The molecule has 2 aromatic rings. The highest BCUT2D eigenvalue weighted by atomic mass is 15.3. The molecule has 0 spiro atoms. The SMILES string of the molecule is CC(C)c1nn(C)cc1Nc1nccc(N)n1. The van der Waals surface area contributed by atoms with Crippen LogP contribution in [-0.4, -0.2) is 19.7 Å². The van der Waals surface area contributed by atoms with Gasteiger partial charge in [-0.2, -0.15) is 10.1 Å². The number of nitrogen functional groups attached to an aromatic ring is 1. The summed E-state index contributed by atoms with van der Waals surface area (Å²) in [5, 5.41) is 7.53. The molecule has 2 rings (SSSR count). The van der Waals surface area contributed by atoms with Crippen LogP contribution in [0.25, 0.3) is 0 Å². The third-order valence-corrected chi connectivity index (χ3v) is 2.33. The maximum Gasteiger partial charge on any atom is 0.229 e. The van der Waals surface area contributed by atoms with E-state index in [1.807, 2.05) is 13.2 Å².